The molecule has 4 rings (SSSR count). The first-order valence-electron chi connectivity index (χ1n) is 9.66. The Morgan fingerprint density at radius 1 is 0.862 bits per heavy atom. The number of imidazole rings is 1. The molecular weight excluding hydrogens is 360 g/mol. The number of rotatable bonds is 6. The van der Waals surface area contributed by atoms with Crippen molar-refractivity contribution >= 4 is 0 Å². The molecule has 0 aliphatic carbocycles. The third kappa shape index (κ3) is 4.51. The predicted molar refractivity (Wildman–Crippen MR) is 114 cm³/mol. The molecule has 2 aromatic heterocycles. The van der Waals surface area contributed by atoms with Crippen LogP contribution in [0.1, 0.15) is 34.0 Å². The van der Waals surface area contributed by atoms with Crippen LogP contribution in [0.25, 0.3) is 5.69 Å². The summed E-state index contributed by atoms with van der Waals surface area (Å²) in [5.74, 6) is 1.63. The lowest BCUT2D eigenvalue weighted by Gasteiger charge is -2.12. The molecule has 0 saturated carbocycles. The van der Waals surface area contributed by atoms with Crippen LogP contribution in [0.2, 0.25) is 0 Å². The van der Waals surface area contributed by atoms with Crippen LogP contribution in [0.4, 0.5) is 0 Å². The van der Waals surface area contributed by atoms with Crippen LogP contribution in [0.3, 0.4) is 0 Å². The lowest BCUT2D eigenvalue weighted by molar-refractivity contribution is 0.412. The molecule has 5 nitrogen and oxygen atoms in total. The fourth-order valence-corrected chi connectivity index (χ4v) is 3.46. The average Bonchev–Trinajstić information content (AvgIpc) is 3.14. The van der Waals surface area contributed by atoms with Gasteiger partial charge in [0.05, 0.1) is 24.8 Å². The van der Waals surface area contributed by atoms with Crippen molar-refractivity contribution in [2.24, 2.45) is 0 Å². The highest BCUT2D eigenvalue weighted by molar-refractivity contribution is 5.49. The van der Waals surface area contributed by atoms with Crippen LogP contribution < -0.4 is 4.74 Å². The fourth-order valence-electron chi connectivity index (χ4n) is 3.46. The molecule has 2 heterocycles. The van der Waals surface area contributed by atoms with Crippen molar-refractivity contribution in [1.29, 1.82) is 0 Å². The van der Waals surface area contributed by atoms with Gasteiger partial charge in [-0.25, -0.2) is 15.0 Å². The van der Waals surface area contributed by atoms with Crippen LogP contribution in [-0.4, -0.2) is 26.6 Å². The maximum Gasteiger partial charge on any atom is 0.143 e. The second-order valence-electron chi connectivity index (χ2n) is 7.18. The third-order valence-corrected chi connectivity index (χ3v) is 4.78. The van der Waals surface area contributed by atoms with E-state index in [9.17, 15) is 0 Å². The van der Waals surface area contributed by atoms with E-state index in [4.69, 9.17) is 9.72 Å². The molecule has 0 bridgehead atoms. The minimum Gasteiger partial charge on any atom is -0.495 e. The van der Waals surface area contributed by atoms with E-state index in [0.717, 1.165) is 46.3 Å². The van der Waals surface area contributed by atoms with Gasteiger partial charge in [-0.2, -0.15) is 0 Å². The van der Waals surface area contributed by atoms with E-state index in [2.05, 4.69) is 52.4 Å². The number of benzene rings is 2. The van der Waals surface area contributed by atoms with Gasteiger partial charge in [-0.3, -0.25) is 0 Å². The molecule has 0 radical (unpaired) electrons. The fraction of sp³-hybridized carbons (Fsp3) is 0.208. The van der Waals surface area contributed by atoms with Crippen LogP contribution in [0, 0.1) is 13.8 Å². The Bertz CT molecular complexity index is 1120. The standard InChI is InChI=1S/C24H24N4O/c1-17-11-21(12-19-7-5-4-6-8-19)27-24(26-17)14-20-9-10-22(23(13-20)29-3)28-15-18(2)25-16-28/h4-11,13,15-16H,12,14H2,1-3H3. The zero-order valence-corrected chi connectivity index (χ0v) is 17.0. The second kappa shape index (κ2) is 8.27. The summed E-state index contributed by atoms with van der Waals surface area (Å²) in [7, 11) is 1.69. The molecule has 0 aliphatic rings. The van der Waals surface area contributed by atoms with Crippen molar-refractivity contribution < 1.29 is 4.74 Å². The van der Waals surface area contributed by atoms with Gasteiger partial charge in [0.25, 0.3) is 0 Å². The number of hydrogen-bond acceptors (Lipinski definition) is 4. The molecule has 146 valence electrons. The summed E-state index contributed by atoms with van der Waals surface area (Å²) in [4.78, 5) is 13.7. The van der Waals surface area contributed by atoms with Gasteiger partial charge < -0.3 is 9.30 Å². The maximum absolute atomic E-state index is 5.62. The minimum absolute atomic E-state index is 0.656. The summed E-state index contributed by atoms with van der Waals surface area (Å²) in [5, 5.41) is 0. The monoisotopic (exact) mass is 384 g/mol. The smallest absolute Gasteiger partial charge is 0.143 e. The van der Waals surface area contributed by atoms with E-state index in [1.165, 1.54) is 5.56 Å². The number of hydrogen-bond donors (Lipinski definition) is 0. The van der Waals surface area contributed by atoms with E-state index in [0.29, 0.717) is 6.42 Å². The van der Waals surface area contributed by atoms with E-state index in [1.807, 2.05) is 36.7 Å². The molecule has 0 spiro atoms. The van der Waals surface area contributed by atoms with Gasteiger partial charge in [-0.05, 0) is 43.2 Å². The van der Waals surface area contributed by atoms with Gasteiger partial charge in [0.15, 0.2) is 0 Å². The van der Waals surface area contributed by atoms with Crippen molar-refractivity contribution in [3.8, 4) is 11.4 Å². The van der Waals surface area contributed by atoms with Gasteiger partial charge >= 0.3 is 0 Å². The summed E-state index contributed by atoms with van der Waals surface area (Å²) in [6.07, 6.45) is 5.24. The molecule has 4 aromatic rings. The van der Waals surface area contributed by atoms with Crippen molar-refractivity contribution in [2.75, 3.05) is 7.11 Å². The Morgan fingerprint density at radius 3 is 2.41 bits per heavy atom. The molecule has 0 atom stereocenters. The molecule has 0 N–H and O–H groups in total. The SMILES string of the molecule is COc1cc(Cc2nc(C)cc(Cc3ccccc3)n2)ccc1-n1cnc(C)c1. The van der Waals surface area contributed by atoms with Crippen LogP contribution in [0.15, 0.2) is 67.1 Å². The number of ether oxygens (including phenoxy) is 1. The number of nitrogens with zero attached hydrogens (tertiary/aromatic N) is 4. The molecule has 2 aromatic carbocycles. The van der Waals surface area contributed by atoms with Crippen molar-refractivity contribution in [2.45, 2.75) is 26.7 Å². The summed E-state index contributed by atoms with van der Waals surface area (Å²) in [6, 6.07) is 18.6. The average molecular weight is 384 g/mol. The predicted octanol–water partition coefficient (Wildman–Crippen LogP) is 4.47. The summed E-state index contributed by atoms with van der Waals surface area (Å²) in [5.41, 5.74) is 6.31. The highest BCUT2D eigenvalue weighted by Crippen LogP contribution is 2.25. The lowest BCUT2D eigenvalue weighted by Crippen LogP contribution is -2.04. The van der Waals surface area contributed by atoms with E-state index < -0.39 is 0 Å². The van der Waals surface area contributed by atoms with Gasteiger partial charge in [0.1, 0.15) is 11.6 Å². The number of aromatic nitrogens is 4. The highest BCUT2D eigenvalue weighted by atomic mass is 16.5. The van der Waals surface area contributed by atoms with Crippen LogP contribution in [-0.2, 0) is 12.8 Å². The summed E-state index contributed by atoms with van der Waals surface area (Å²) >= 11 is 0. The Kier molecular flexibility index (Phi) is 5.38. The largest absolute Gasteiger partial charge is 0.495 e. The van der Waals surface area contributed by atoms with Crippen molar-refractivity contribution in [3.05, 3.63) is 101 Å². The third-order valence-electron chi connectivity index (χ3n) is 4.78. The maximum atomic E-state index is 5.62. The van der Waals surface area contributed by atoms with Gasteiger partial charge in [0, 0.05) is 30.4 Å². The summed E-state index contributed by atoms with van der Waals surface area (Å²) < 4.78 is 7.60. The second-order valence-corrected chi connectivity index (χ2v) is 7.18. The van der Waals surface area contributed by atoms with E-state index in [-0.39, 0.29) is 0 Å². The normalized spacial score (nSPS) is 10.9. The minimum atomic E-state index is 0.656. The molecule has 29 heavy (non-hydrogen) atoms. The zero-order valence-electron chi connectivity index (χ0n) is 17.0. The Labute approximate surface area is 171 Å². The number of methoxy groups -OCH3 is 1. The van der Waals surface area contributed by atoms with Gasteiger partial charge in [-0.1, -0.05) is 36.4 Å². The first-order chi connectivity index (χ1) is 14.1. The van der Waals surface area contributed by atoms with Crippen molar-refractivity contribution in [3.63, 3.8) is 0 Å². The van der Waals surface area contributed by atoms with Crippen molar-refractivity contribution in [1.82, 2.24) is 19.5 Å². The molecule has 0 fully saturated rings. The lowest BCUT2D eigenvalue weighted by atomic mass is 10.1. The first-order valence-corrected chi connectivity index (χ1v) is 9.66. The number of aryl methyl sites for hydroxylation is 2. The Hall–Kier alpha value is -3.47. The van der Waals surface area contributed by atoms with Gasteiger partial charge in [0.2, 0.25) is 0 Å². The molecule has 0 amide bonds. The van der Waals surface area contributed by atoms with E-state index >= 15 is 0 Å². The van der Waals surface area contributed by atoms with Crippen LogP contribution >= 0.6 is 0 Å². The van der Waals surface area contributed by atoms with Gasteiger partial charge in [-0.15, -0.1) is 0 Å². The topological polar surface area (TPSA) is 52.8 Å². The van der Waals surface area contributed by atoms with Crippen LogP contribution in [0.5, 0.6) is 5.75 Å². The highest BCUT2D eigenvalue weighted by Gasteiger charge is 2.10. The molecule has 0 aliphatic heterocycles. The first kappa shape index (κ1) is 18.9. The molecule has 5 heteroatoms. The Morgan fingerprint density at radius 2 is 1.69 bits per heavy atom. The van der Waals surface area contributed by atoms with E-state index in [1.54, 1.807) is 13.4 Å². The summed E-state index contributed by atoms with van der Waals surface area (Å²) in [6.45, 7) is 3.99. The molecular formula is C24H24N4O. The molecule has 0 saturated heterocycles. The quantitative estimate of drug-likeness (QED) is 0.492. The molecule has 0 unspecified atom stereocenters. The Balaban J connectivity index is 1.59. The zero-order chi connectivity index (χ0) is 20.2.